The number of hydrogen-bond acceptors (Lipinski definition) is 6. The highest BCUT2D eigenvalue weighted by molar-refractivity contribution is 9.10. The average molecular weight is 481 g/mol. The number of carbonyl (C=O) groups is 1. The predicted molar refractivity (Wildman–Crippen MR) is 123 cm³/mol. The van der Waals surface area contributed by atoms with Gasteiger partial charge in [0, 0.05) is 17.8 Å². The van der Waals surface area contributed by atoms with Gasteiger partial charge in [0.05, 0.1) is 10.7 Å². The van der Waals surface area contributed by atoms with Crippen LogP contribution in [0, 0.1) is 12.3 Å². The van der Waals surface area contributed by atoms with Gasteiger partial charge in [-0.3, -0.25) is 4.79 Å². The quantitative estimate of drug-likeness (QED) is 0.304. The first-order valence-corrected chi connectivity index (χ1v) is 10.4. The molecule has 0 atom stereocenters. The second-order valence-electron chi connectivity index (χ2n) is 6.57. The van der Waals surface area contributed by atoms with Gasteiger partial charge in [0.2, 0.25) is 17.7 Å². The lowest BCUT2D eigenvalue weighted by atomic mass is 10.1. The van der Waals surface area contributed by atoms with Crippen LogP contribution in [0.4, 0.5) is 17.3 Å². The lowest BCUT2D eigenvalue weighted by Crippen LogP contribution is -2.11. The van der Waals surface area contributed by atoms with Crippen molar-refractivity contribution in [1.82, 2.24) is 9.97 Å². The molecule has 0 radical (unpaired) electrons. The number of aryl methyl sites for hydroxylation is 1. The number of terminal acetylenes is 1. The van der Waals surface area contributed by atoms with Crippen LogP contribution in [0.5, 0.6) is 11.6 Å². The predicted octanol–water partition coefficient (Wildman–Crippen LogP) is 4.66. The summed E-state index contributed by atoms with van der Waals surface area (Å²) in [7, 11) is 0. The van der Waals surface area contributed by atoms with Crippen molar-refractivity contribution in [1.29, 1.82) is 0 Å². The summed E-state index contributed by atoms with van der Waals surface area (Å²) < 4.78 is 6.02. The SMILES string of the molecule is C#CCOc1nc(Nc2ccccc2CCCC(=O)Nc2ccc(O)cc2)ncc1Br. The molecule has 1 amide bonds. The monoisotopic (exact) mass is 480 g/mol. The Morgan fingerprint density at radius 1 is 1.19 bits per heavy atom. The topological polar surface area (TPSA) is 96.4 Å². The molecule has 31 heavy (non-hydrogen) atoms. The van der Waals surface area contributed by atoms with E-state index in [-0.39, 0.29) is 18.3 Å². The van der Waals surface area contributed by atoms with E-state index in [9.17, 15) is 9.90 Å². The van der Waals surface area contributed by atoms with E-state index >= 15 is 0 Å². The molecule has 0 bridgehead atoms. The third-order valence-electron chi connectivity index (χ3n) is 4.27. The number of rotatable bonds is 9. The van der Waals surface area contributed by atoms with E-state index in [4.69, 9.17) is 11.2 Å². The summed E-state index contributed by atoms with van der Waals surface area (Å²) in [6, 6.07) is 14.2. The van der Waals surface area contributed by atoms with Crippen LogP contribution in [-0.4, -0.2) is 27.6 Å². The molecule has 0 saturated carbocycles. The summed E-state index contributed by atoms with van der Waals surface area (Å²) in [5.41, 5.74) is 2.55. The number of phenolic OH excluding ortho intramolecular Hbond substituents is 1. The van der Waals surface area contributed by atoms with E-state index in [1.54, 1.807) is 18.3 Å². The number of hydrogen-bond donors (Lipinski definition) is 3. The molecule has 158 valence electrons. The van der Waals surface area contributed by atoms with Gasteiger partial charge in [0.1, 0.15) is 5.75 Å². The molecule has 3 aromatic rings. The summed E-state index contributed by atoms with van der Waals surface area (Å²) in [6.45, 7) is 0.109. The van der Waals surface area contributed by atoms with E-state index in [1.807, 2.05) is 24.3 Å². The van der Waals surface area contributed by atoms with E-state index in [2.05, 4.69) is 42.5 Å². The van der Waals surface area contributed by atoms with Gasteiger partial charge in [-0.05, 0) is 64.7 Å². The molecule has 0 spiro atoms. The van der Waals surface area contributed by atoms with Crippen LogP contribution in [0.3, 0.4) is 0 Å². The molecule has 0 aliphatic rings. The fraction of sp³-hybridized carbons (Fsp3) is 0.174. The number of halogens is 1. The molecule has 0 fully saturated rings. The Morgan fingerprint density at radius 2 is 1.97 bits per heavy atom. The van der Waals surface area contributed by atoms with E-state index < -0.39 is 0 Å². The molecule has 0 saturated heterocycles. The van der Waals surface area contributed by atoms with Crippen molar-refractivity contribution in [2.45, 2.75) is 19.3 Å². The minimum Gasteiger partial charge on any atom is -0.508 e. The van der Waals surface area contributed by atoms with Gasteiger partial charge in [-0.2, -0.15) is 4.98 Å². The van der Waals surface area contributed by atoms with Crippen molar-refractivity contribution < 1.29 is 14.6 Å². The Morgan fingerprint density at radius 3 is 2.74 bits per heavy atom. The highest BCUT2D eigenvalue weighted by Crippen LogP contribution is 2.26. The molecule has 0 aliphatic carbocycles. The van der Waals surface area contributed by atoms with Gasteiger partial charge in [0.25, 0.3) is 0 Å². The zero-order chi connectivity index (χ0) is 22.1. The van der Waals surface area contributed by atoms with Crippen molar-refractivity contribution in [3.8, 4) is 24.0 Å². The van der Waals surface area contributed by atoms with E-state index in [0.29, 0.717) is 41.3 Å². The van der Waals surface area contributed by atoms with Crippen molar-refractivity contribution in [2.24, 2.45) is 0 Å². The highest BCUT2D eigenvalue weighted by atomic mass is 79.9. The maximum atomic E-state index is 12.2. The number of anilines is 3. The van der Waals surface area contributed by atoms with Crippen LogP contribution in [-0.2, 0) is 11.2 Å². The van der Waals surface area contributed by atoms with Crippen LogP contribution < -0.4 is 15.4 Å². The van der Waals surface area contributed by atoms with Gasteiger partial charge in [-0.1, -0.05) is 24.1 Å². The van der Waals surface area contributed by atoms with Crippen LogP contribution >= 0.6 is 15.9 Å². The first-order chi connectivity index (χ1) is 15.0. The fourth-order valence-corrected chi connectivity index (χ4v) is 3.12. The summed E-state index contributed by atoms with van der Waals surface area (Å²) >= 11 is 3.34. The normalized spacial score (nSPS) is 10.2. The van der Waals surface area contributed by atoms with Gasteiger partial charge in [0.15, 0.2) is 6.61 Å². The van der Waals surface area contributed by atoms with Crippen molar-refractivity contribution in [3.63, 3.8) is 0 Å². The number of ether oxygens (including phenoxy) is 1. The number of benzene rings is 2. The summed E-state index contributed by atoms with van der Waals surface area (Å²) in [4.78, 5) is 20.8. The molecule has 0 aliphatic heterocycles. The number of carbonyl (C=O) groups excluding carboxylic acids is 1. The maximum Gasteiger partial charge on any atom is 0.233 e. The Hall–Kier alpha value is -3.57. The maximum absolute atomic E-state index is 12.2. The molecule has 1 aromatic heterocycles. The minimum absolute atomic E-state index is 0.0809. The van der Waals surface area contributed by atoms with Crippen LogP contribution in [0.15, 0.2) is 59.2 Å². The summed E-state index contributed by atoms with van der Waals surface area (Å²) in [6.07, 6.45) is 8.57. The number of nitrogens with zero attached hydrogens (tertiary/aromatic N) is 2. The molecule has 1 heterocycles. The molecule has 8 heteroatoms. The molecule has 2 aromatic carbocycles. The van der Waals surface area contributed by atoms with Gasteiger partial charge < -0.3 is 20.5 Å². The van der Waals surface area contributed by atoms with Gasteiger partial charge in [-0.25, -0.2) is 4.98 Å². The number of nitrogens with one attached hydrogen (secondary N) is 2. The zero-order valence-corrected chi connectivity index (χ0v) is 18.2. The van der Waals surface area contributed by atoms with E-state index in [1.165, 1.54) is 12.1 Å². The first-order valence-electron chi connectivity index (χ1n) is 9.58. The van der Waals surface area contributed by atoms with E-state index in [0.717, 1.165) is 11.3 Å². The van der Waals surface area contributed by atoms with Crippen LogP contribution in [0.2, 0.25) is 0 Å². The second kappa shape index (κ2) is 11.0. The molecule has 3 N–H and O–H groups in total. The minimum atomic E-state index is -0.0809. The lowest BCUT2D eigenvalue weighted by molar-refractivity contribution is -0.116. The highest BCUT2D eigenvalue weighted by Gasteiger charge is 2.09. The van der Waals surface area contributed by atoms with Crippen molar-refractivity contribution in [3.05, 3.63) is 64.8 Å². The third kappa shape index (κ3) is 6.73. The Bertz CT molecular complexity index is 1080. The summed E-state index contributed by atoms with van der Waals surface area (Å²) in [5, 5.41) is 15.3. The Kier molecular flexibility index (Phi) is 7.85. The average Bonchev–Trinajstić information content (AvgIpc) is 2.77. The van der Waals surface area contributed by atoms with Crippen molar-refractivity contribution >= 4 is 39.2 Å². The largest absolute Gasteiger partial charge is 0.508 e. The van der Waals surface area contributed by atoms with Crippen LogP contribution in [0.1, 0.15) is 18.4 Å². The summed E-state index contributed by atoms with van der Waals surface area (Å²) in [5.74, 6) is 3.22. The Labute approximate surface area is 189 Å². The molecule has 7 nitrogen and oxygen atoms in total. The number of phenols is 1. The number of para-hydroxylation sites is 1. The standard InChI is InChI=1S/C23H21BrN4O3/c1-2-14-31-22-19(24)15-25-23(28-22)27-20-8-4-3-6-16(20)7-5-9-21(30)26-17-10-12-18(29)13-11-17/h1,3-4,6,8,10-13,15,29H,5,7,9,14H2,(H,26,30)(H,25,27,28). The second-order valence-corrected chi connectivity index (χ2v) is 7.42. The molecular weight excluding hydrogens is 460 g/mol. The third-order valence-corrected chi connectivity index (χ3v) is 4.81. The lowest BCUT2D eigenvalue weighted by Gasteiger charge is -2.12. The van der Waals surface area contributed by atoms with Gasteiger partial charge >= 0.3 is 0 Å². The number of aromatic nitrogens is 2. The molecule has 3 rings (SSSR count). The number of aromatic hydroxyl groups is 1. The van der Waals surface area contributed by atoms with Crippen LogP contribution in [0.25, 0.3) is 0 Å². The zero-order valence-electron chi connectivity index (χ0n) is 16.6. The van der Waals surface area contributed by atoms with Crippen molar-refractivity contribution in [2.75, 3.05) is 17.2 Å². The Balaban J connectivity index is 1.58. The fourth-order valence-electron chi connectivity index (χ4n) is 2.81. The molecule has 0 unspecified atom stereocenters. The first kappa shape index (κ1) is 22.1. The van der Waals surface area contributed by atoms with Gasteiger partial charge in [-0.15, -0.1) is 6.42 Å². The smallest absolute Gasteiger partial charge is 0.233 e. The number of amides is 1. The molecular formula is C23H21BrN4O3.